The molecule has 0 amide bonds. The molecule has 28 heavy (non-hydrogen) atoms. The summed E-state index contributed by atoms with van der Waals surface area (Å²) in [5, 5.41) is 30.0. The number of piperidine rings is 1. The number of benzene rings is 1. The summed E-state index contributed by atoms with van der Waals surface area (Å²) in [5.74, 6) is 0.0807. The Labute approximate surface area is 165 Å². The van der Waals surface area contributed by atoms with Gasteiger partial charge in [0, 0.05) is 42.4 Å². The van der Waals surface area contributed by atoms with Crippen molar-refractivity contribution in [3.8, 4) is 11.5 Å². The van der Waals surface area contributed by atoms with Gasteiger partial charge < -0.3 is 20.2 Å². The van der Waals surface area contributed by atoms with Gasteiger partial charge in [0.05, 0.1) is 17.8 Å². The van der Waals surface area contributed by atoms with E-state index in [0.29, 0.717) is 18.0 Å². The van der Waals surface area contributed by atoms with E-state index in [0.717, 1.165) is 68.4 Å². The number of aliphatic imine (C=N–C) groups is 1. The molecule has 2 heterocycles. The molecule has 0 radical (unpaired) electrons. The van der Waals surface area contributed by atoms with Crippen LogP contribution in [0.1, 0.15) is 43.4 Å². The zero-order chi connectivity index (χ0) is 19.5. The summed E-state index contributed by atoms with van der Waals surface area (Å²) in [5.41, 5.74) is 3.85. The molecule has 1 aromatic carbocycles. The minimum absolute atomic E-state index is 0.133. The Morgan fingerprint density at radius 2 is 1.93 bits per heavy atom. The lowest BCUT2D eigenvalue weighted by molar-refractivity contribution is 0.160. The van der Waals surface area contributed by atoms with Crippen LogP contribution in [0.15, 0.2) is 17.1 Å². The summed E-state index contributed by atoms with van der Waals surface area (Å²) in [6.45, 7) is 2.85. The minimum atomic E-state index is -0.143. The monoisotopic (exact) mass is 383 g/mol. The van der Waals surface area contributed by atoms with Gasteiger partial charge in [0.1, 0.15) is 0 Å². The molecule has 1 fully saturated rings. The number of aliphatic hydroxyl groups is 1. The molecule has 1 aliphatic carbocycles. The standard InChI is InChI=1S/C22H29N3O3/c26-10-9-25-8-4-5-15(14-25)13-23-22-16-6-2-1-3-7-18(16)24-19-12-21(28)20(27)11-17(19)22/h11-13,15,26-28H,1-10,14H2/b23-13+. The molecular formula is C22H29N3O3. The summed E-state index contributed by atoms with van der Waals surface area (Å²) in [4.78, 5) is 12.0. The third kappa shape index (κ3) is 3.98. The molecule has 2 aromatic rings. The van der Waals surface area contributed by atoms with Crippen LogP contribution < -0.4 is 0 Å². The highest BCUT2D eigenvalue weighted by molar-refractivity contribution is 5.95. The number of aliphatic hydroxyl groups excluding tert-OH is 1. The smallest absolute Gasteiger partial charge is 0.159 e. The van der Waals surface area contributed by atoms with Crippen LogP contribution in [0.2, 0.25) is 0 Å². The number of aryl methyl sites for hydroxylation is 1. The fourth-order valence-electron chi connectivity index (χ4n) is 4.49. The minimum Gasteiger partial charge on any atom is -0.504 e. The second kappa shape index (κ2) is 8.45. The van der Waals surface area contributed by atoms with Crippen molar-refractivity contribution in [1.29, 1.82) is 0 Å². The first kappa shape index (κ1) is 19.2. The number of aromatic hydroxyl groups is 2. The number of fused-ring (bicyclic) bond motifs is 2. The Kier molecular flexibility index (Phi) is 5.78. The molecule has 4 rings (SSSR count). The number of phenols is 2. The lowest BCUT2D eigenvalue weighted by atomic mass is 9.98. The zero-order valence-electron chi connectivity index (χ0n) is 16.3. The predicted molar refractivity (Wildman–Crippen MR) is 111 cm³/mol. The van der Waals surface area contributed by atoms with Crippen LogP contribution in [0.3, 0.4) is 0 Å². The van der Waals surface area contributed by atoms with Crippen molar-refractivity contribution in [2.45, 2.75) is 44.9 Å². The molecule has 150 valence electrons. The van der Waals surface area contributed by atoms with Gasteiger partial charge in [-0.25, -0.2) is 0 Å². The van der Waals surface area contributed by atoms with Gasteiger partial charge in [0.15, 0.2) is 11.5 Å². The van der Waals surface area contributed by atoms with Crippen LogP contribution >= 0.6 is 0 Å². The second-order valence-corrected chi connectivity index (χ2v) is 8.01. The van der Waals surface area contributed by atoms with Gasteiger partial charge in [-0.2, -0.15) is 0 Å². The molecule has 0 saturated carbocycles. The number of likely N-dealkylation sites (tertiary alicyclic amines) is 1. The van der Waals surface area contributed by atoms with Crippen molar-refractivity contribution in [2.24, 2.45) is 10.9 Å². The Morgan fingerprint density at radius 1 is 1.11 bits per heavy atom. The van der Waals surface area contributed by atoms with E-state index in [9.17, 15) is 15.3 Å². The van der Waals surface area contributed by atoms with E-state index in [1.165, 1.54) is 12.0 Å². The van der Waals surface area contributed by atoms with E-state index in [1.54, 1.807) is 12.1 Å². The van der Waals surface area contributed by atoms with Crippen molar-refractivity contribution in [2.75, 3.05) is 26.2 Å². The number of hydrogen-bond donors (Lipinski definition) is 3. The molecule has 1 saturated heterocycles. The molecule has 0 spiro atoms. The third-order valence-electron chi connectivity index (χ3n) is 5.95. The molecule has 1 aromatic heterocycles. The summed E-state index contributed by atoms with van der Waals surface area (Å²) in [6, 6.07) is 3.13. The van der Waals surface area contributed by atoms with Crippen molar-refractivity contribution in [3.63, 3.8) is 0 Å². The first-order chi connectivity index (χ1) is 13.7. The Balaban J connectivity index is 1.73. The van der Waals surface area contributed by atoms with Crippen molar-refractivity contribution in [1.82, 2.24) is 9.88 Å². The van der Waals surface area contributed by atoms with Crippen LogP contribution in [-0.2, 0) is 12.8 Å². The van der Waals surface area contributed by atoms with Crippen LogP contribution in [-0.4, -0.2) is 57.7 Å². The highest BCUT2D eigenvalue weighted by Gasteiger charge is 2.21. The largest absolute Gasteiger partial charge is 0.504 e. The first-order valence-corrected chi connectivity index (χ1v) is 10.4. The highest BCUT2D eigenvalue weighted by Crippen LogP contribution is 2.39. The second-order valence-electron chi connectivity index (χ2n) is 8.01. The average Bonchev–Trinajstić information content (AvgIpc) is 2.92. The van der Waals surface area contributed by atoms with Gasteiger partial charge in [-0.1, -0.05) is 6.42 Å². The normalized spacial score (nSPS) is 21.1. The van der Waals surface area contributed by atoms with Gasteiger partial charge in [-0.05, 0) is 56.7 Å². The molecule has 1 unspecified atom stereocenters. The number of rotatable bonds is 4. The summed E-state index contributed by atoms with van der Waals surface area (Å²) in [6.07, 6.45) is 9.58. The SMILES string of the molecule is OCCN1CCCC(/C=N/c2c3c(nc4cc(O)c(O)cc24)CCCCC3)C1. The number of phenolic OH excluding ortho intramolecular Hbond substituents is 2. The third-order valence-corrected chi connectivity index (χ3v) is 5.95. The first-order valence-electron chi connectivity index (χ1n) is 10.4. The lowest BCUT2D eigenvalue weighted by Crippen LogP contribution is -2.37. The molecule has 2 aliphatic rings. The Bertz CT molecular complexity index is 879. The van der Waals surface area contributed by atoms with Gasteiger partial charge in [0.25, 0.3) is 0 Å². The zero-order valence-corrected chi connectivity index (χ0v) is 16.3. The molecule has 0 bridgehead atoms. The molecule has 1 atom stereocenters. The number of β-amino-alcohol motifs (C(OH)–C–C–N with tert-alkyl or cyclic N) is 1. The topological polar surface area (TPSA) is 89.2 Å². The lowest BCUT2D eigenvalue weighted by Gasteiger charge is -2.30. The predicted octanol–water partition coefficient (Wildman–Crippen LogP) is 3.32. The maximum Gasteiger partial charge on any atom is 0.159 e. The Hall–Kier alpha value is -2.18. The van der Waals surface area contributed by atoms with Crippen molar-refractivity contribution >= 4 is 22.8 Å². The van der Waals surface area contributed by atoms with E-state index < -0.39 is 0 Å². The summed E-state index contributed by atoms with van der Waals surface area (Å²) < 4.78 is 0. The maximum atomic E-state index is 10.1. The Morgan fingerprint density at radius 3 is 2.79 bits per heavy atom. The van der Waals surface area contributed by atoms with Gasteiger partial charge >= 0.3 is 0 Å². The van der Waals surface area contributed by atoms with Crippen molar-refractivity contribution < 1.29 is 15.3 Å². The number of pyridine rings is 1. The van der Waals surface area contributed by atoms with E-state index >= 15 is 0 Å². The maximum absolute atomic E-state index is 10.1. The summed E-state index contributed by atoms with van der Waals surface area (Å²) in [7, 11) is 0. The molecule has 6 heteroatoms. The molecule has 3 N–H and O–H groups in total. The summed E-state index contributed by atoms with van der Waals surface area (Å²) >= 11 is 0. The van der Waals surface area contributed by atoms with Crippen LogP contribution in [0.25, 0.3) is 10.9 Å². The van der Waals surface area contributed by atoms with Crippen LogP contribution in [0.4, 0.5) is 5.69 Å². The van der Waals surface area contributed by atoms with E-state index in [-0.39, 0.29) is 18.1 Å². The molecule has 6 nitrogen and oxygen atoms in total. The number of hydrogen-bond acceptors (Lipinski definition) is 6. The van der Waals surface area contributed by atoms with Gasteiger partial charge in [-0.3, -0.25) is 9.98 Å². The fourth-order valence-corrected chi connectivity index (χ4v) is 4.49. The van der Waals surface area contributed by atoms with Crippen molar-refractivity contribution in [3.05, 3.63) is 23.4 Å². The van der Waals surface area contributed by atoms with Crippen LogP contribution in [0.5, 0.6) is 11.5 Å². The van der Waals surface area contributed by atoms with Crippen LogP contribution in [0, 0.1) is 5.92 Å². The quantitative estimate of drug-likeness (QED) is 0.428. The van der Waals surface area contributed by atoms with E-state index in [2.05, 4.69) is 4.90 Å². The van der Waals surface area contributed by atoms with Gasteiger partial charge in [0.2, 0.25) is 0 Å². The number of nitrogens with zero attached hydrogens (tertiary/aromatic N) is 3. The van der Waals surface area contributed by atoms with E-state index in [4.69, 9.17) is 9.98 Å². The fraction of sp³-hybridized carbons (Fsp3) is 0.545. The highest BCUT2D eigenvalue weighted by atomic mass is 16.3. The number of aromatic nitrogens is 1. The van der Waals surface area contributed by atoms with Gasteiger partial charge in [-0.15, -0.1) is 0 Å². The molecular weight excluding hydrogens is 354 g/mol. The van der Waals surface area contributed by atoms with E-state index in [1.807, 2.05) is 6.21 Å². The average molecular weight is 383 g/mol. The molecule has 1 aliphatic heterocycles.